The van der Waals surface area contributed by atoms with Crippen molar-refractivity contribution in [3.05, 3.63) is 96.2 Å². The van der Waals surface area contributed by atoms with Crippen molar-refractivity contribution in [2.24, 2.45) is 0 Å². The zero-order valence-corrected chi connectivity index (χ0v) is 16.2. The van der Waals surface area contributed by atoms with Gasteiger partial charge in [0.15, 0.2) is 4.96 Å². The van der Waals surface area contributed by atoms with Gasteiger partial charge in [-0.15, -0.1) is 11.3 Å². The summed E-state index contributed by atoms with van der Waals surface area (Å²) in [6.07, 6.45) is 9.39. The minimum Gasteiger partial charge on any atom is -0.333 e. The summed E-state index contributed by atoms with van der Waals surface area (Å²) >= 11 is 1.58. The number of anilines is 1. The Balaban J connectivity index is 1.36. The van der Waals surface area contributed by atoms with E-state index >= 15 is 0 Å². The minimum absolute atomic E-state index is 0.146. The third kappa shape index (κ3) is 3.55. The van der Waals surface area contributed by atoms with Gasteiger partial charge in [-0.3, -0.25) is 9.20 Å². The highest BCUT2D eigenvalue weighted by Gasteiger charge is 2.13. The summed E-state index contributed by atoms with van der Waals surface area (Å²) in [7, 11) is 0. The van der Waals surface area contributed by atoms with Crippen molar-refractivity contribution in [3.8, 4) is 11.3 Å². The molecule has 1 amide bonds. The highest BCUT2D eigenvalue weighted by atomic mass is 32.1. The number of thiazole rings is 1. The molecule has 0 spiro atoms. The summed E-state index contributed by atoms with van der Waals surface area (Å²) in [6.45, 7) is 0.724. The Hall–Kier alpha value is -3.71. The molecule has 3 aromatic heterocycles. The van der Waals surface area contributed by atoms with Crippen molar-refractivity contribution < 1.29 is 4.79 Å². The van der Waals surface area contributed by atoms with Crippen LogP contribution in [0.4, 0.5) is 5.69 Å². The first-order valence-electron chi connectivity index (χ1n) is 9.14. The van der Waals surface area contributed by atoms with Crippen LogP contribution in [0.2, 0.25) is 0 Å². The van der Waals surface area contributed by atoms with Crippen LogP contribution in [0.15, 0.2) is 85.0 Å². The Kier molecular flexibility index (Phi) is 4.42. The summed E-state index contributed by atoms with van der Waals surface area (Å²) in [5.74, 6) is -0.146. The van der Waals surface area contributed by atoms with Crippen LogP contribution >= 0.6 is 11.3 Å². The number of benzene rings is 2. The highest BCUT2D eigenvalue weighted by molar-refractivity contribution is 7.15. The van der Waals surface area contributed by atoms with Crippen molar-refractivity contribution in [3.63, 3.8) is 0 Å². The number of hydrogen-bond acceptors (Lipinski definition) is 4. The number of amides is 1. The van der Waals surface area contributed by atoms with Gasteiger partial charge >= 0.3 is 0 Å². The zero-order valence-electron chi connectivity index (χ0n) is 15.4. The summed E-state index contributed by atoms with van der Waals surface area (Å²) in [6, 6.07) is 15.3. The molecule has 142 valence electrons. The summed E-state index contributed by atoms with van der Waals surface area (Å²) in [5.41, 5.74) is 4.20. The number of nitrogens with one attached hydrogen (secondary N) is 1. The standard InChI is InChI=1S/C22H17N5OS/c28-21(17-7-5-16(6-8-17)13-26-10-9-23-15-26)24-19-4-2-1-3-18(19)20-14-27-11-12-29-22(27)25-20/h1-12,14-15H,13H2,(H,24,28). The first-order chi connectivity index (χ1) is 14.3. The Morgan fingerprint density at radius 3 is 2.72 bits per heavy atom. The van der Waals surface area contributed by atoms with Crippen LogP contribution in [0.5, 0.6) is 0 Å². The molecule has 29 heavy (non-hydrogen) atoms. The van der Waals surface area contributed by atoms with E-state index in [1.165, 1.54) is 0 Å². The molecule has 2 aromatic carbocycles. The maximum atomic E-state index is 12.8. The third-order valence-electron chi connectivity index (χ3n) is 4.68. The second-order valence-electron chi connectivity index (χ2n) is 6.65. The number of carbonyl (C=O) groups excluding carboxylic acids is 1. The number of aromatic nitrogens is 4. The molecule has 6 nitrogen and oxygen atoms in total. The molecular weight excluding hydrogens is 382 g/mol. The van der Waals surface area contributed by atoms with Gasteiger partial charge in [-0.2, -0.15) is 0 Å². The molecule has 0 radical (unpaired) electrons. The Bertz CT molecular complexity index is 1240. The van der Waals surface area contributed by atoms with Gasteiger partial charge in [-0.25, -0.2) is 9.97 Å². The molecule has 0 saturated heterocycles. The molecular formula is C22H17N5OS. The number of para-hydroxylation sites is 1. The van der Waals surface area contributed by atoms with E-state index < -0.39 is 0 Å². The second-order valence-corrected chi connectivity index (χ2v) is 7.52. The van der Waals surface area contributed by atoms with E-state index in [2.05, 4.69) is 15.3 Å². The SMILES string of the molecule is O=C(Nc1ccccc1-c1cn2ccsc2n1)c1ccc(Cn2ccnc2)cc1. The van der Waals surface area contributed by atoms with Crippen LogP contribution in [0.25, 0.3) is 16.2 Å². The quantitative estimate of drug-likeness (QED) is 0.471. The van der Waals surface area contributed by atoms with Crippen molar-refractivity contribution in [2.45, 2.75) is 6.54 Å². The van der Waals surface area contributed by atoms with Crippen LogP contribution < -0.4 is 5.32 Å². The van der Waals surface area contributed by atoms with Gasteiger partial charge < -0.3 is 9.88 Å². The molecule has 3 heterocycles. The smallest absolute Gasteiger partial charge is 0.255 e. The van der Waals surface area contributed by atoms with Gasteiger partial charge in [0.2, 0.25) is 0 Å². The number of fused-ring (bicyclic) bond motifs is 1. The molecule has 0 aliphatic rings. The molecule has 0 atom stereocenters. The predicted octanol–water partition coefficient (Wildman–Crippen LogP) is 4.56. The first-order valence-corrected chi connectivity index (χ1v) is 10.0. The minimum atomic E-state index is -0.146. The Morgan fingerprint density at radius 1 is 1.07 bits per heavy atom. The maximum Gasteiger partial charge on any atom is 0.255 e. The van der Waals surface area contributed by atoms with Crippen molar-refractivity contribution >= 4 is 27.9 Å². The first kappa shape index (κ1) is 17.4. The van der Waals surface area contributed by atoms with Gasteiger partial charge in [-0.05, 0) is 23.8 Å². The Morgan fingerprint density at radius 2 is 1.93 bits per heavy atom. The van der Waals surface area contributed by atoms with E-state index in [4.69, 9.17) is 0 Å². The maximum absolute atomic E-state index is 12.8. The normalized spacial score (nSPS) is 11.0. The molecule has 0 aliphatic carbocycles. The summed E-state index contributed by atoms with van der Waals surface area (Å²) in [5, 5.41) is 5.02. The average Bonchev–Trinajstić information content (AvgIpc) is 3.47. The topological polar surface area (TPSA) is 64.2 Å². The molecule has 1 N–H and O–H groups in total. The summed E-state index contributed by atoms with van der Waals surface area (Å²) in [4.78, 5) is 22.4. The van der Waals surface area contributed by atoms with E-state index in [-0.39, 0.29) is 5.91 Å². The van der Waals surface area contributed by atoms with Gasteiger partial charge in [0.25, 0.3) is 5.91 Å². The van der Waals surface area contributed by atoms with Gasteiger partial charge in [-0.1, -0.05) is 30.3 Å². The molecule has 5 rings (SSSR count). The molecule has 0 unspecified atom stereocenters. The van der Waals surface area contributed by atoms with Crippen LogP contribution in [0, 0.1) is 0 Å². The van der Waals surface area contributed by atoms with Gasteiger partial charge in [0.1, 0.15) is 0 Å². The molecule has 0 fully saturated rings. The van der Waals surface area contributed by atoms with Crippen molar-refractivity contribution in [1.29, 1.82) is 0 Å². The lowest BCUT2D eigenvalue weighted by molar-refractivity contribution is 0.102. The molecule has 5 aromatic rings. The lowest BCUT2D eigenvalue weighted by atomic mass is 10.1. The predicted molar refractivity (Wildman–Crippen MR) is 114 cm³/mol. The number of carbonyl (C=O) groups is 1. The van der Waals surface area contributed by atoms with E-state index in [1.807, 2.05) is 81.5 Å². The van der Waals surface area contributed by atoms with E-state index in [9.17, 15) is 4.79 Å². The second kappa shape index (κ2) is 7.37. The third-order valence-corrected chi connectivity index (χ3v) is 5.46. The molecule has 0 saturated carbocycles. The van der Waals surface area contributed by atoms with E-state index in [0.717, 1.165) is 34.0 Å². The lowest BCUT2D eigenvalue weighted by Gasteiger charge is -2.10. The monoisotopic (exact) mass is 399 g/mol. The fourth-order valence-corrected chi connectivity index (χ4v) is 3.92. The number of hydrogen-bond donors (Lipinski definition) is 1. The fraction of sp³-hybridized carbons (Fsp3) is 0.0455. The summed E-state index contributed by atoms with van der Waals surface area (Å²) < 4.78 is 3.97. The molecule has 0 aliphatic heterocycles. The highest BCUT2D eigenvalue weighted by Crippen LogP contribution is 2.28. The number of imidazole rings is 2. The van der Waals surface area contributed by atoms with Crippen LogP contribution in [-0.2, 0) is 6.54 Å². The van der Waals surface area contributed by atoms with Crippen molar-refractivity contribution in [2.75, 3.05) is 5.32 Å². The van der Waals surface area contributed by atoms with Gasteiger partial charge in [0, 0.05) is 47.8 Å². The Labute approximate surface area is 171 Å². The van der Waals surface area contributed by atoms with E-state index in [0.29, 0.717) is 5.56 Å². The average molecular weight is 399 g/mol. The van der Waals surface area contributed by atoms with Gasteiger partial charge in [0.05, 0.1) is 17.7 Å². The number of rotatable bonds is 5. The van der Waals surface area contributed by atoms with Crippen LogP contribution in [0.3, 0.4) is 0 Å². The van der Waals surface area contributed by atoms with E-state index in [1.54, 1.807) is 23.9 Å². The largest absolute Gasteiger partial charge is 0.333 e. The molecule has 0 bridgehead atoms. The van der Waals surface area contributed by atoms with Crippen LogP contribution in [-0.4, -0.2) is 24.8 Å². The molecule has 7 heteroatoms. The van der Waals surface area contributed by atoms with Crippen LogP contribution in [0.1, 0.15) is 15.9 Å². The fourth-order valence-electron chi connectivity index (χ4n) is 3.22. The number of nitrogens with zero attached hydrogens (tertiary/aromatic N) is 4. The van der Waals surface area contributed by atoms with Crippen molar-refractivity contribution in [1.82, 2.24) is 18.9 Å². The zero-order chi connectivity index (χ0) is 19.6. The lowest BCUT2D eigenvalue weighted by Crippen LogP contribution is -2.12.